The standard InChI is InChI=1S/C53H69N2O4.BrH/c1-52(2)46(54(38-23-15-11-7-9-13-17-32-48(56)58-5)44-36-34-40-26-19-21-28-42(40)50(44)52)30-25-31-47-53(3,4)51-43-29-22-20-27-41(43)35-37-45(51)55(47)39-24-16-12-8-10-14-18-33-49(57)59-6;/h19-22,25-31,34-37H,7-18,23-24,32-33,38-39H2,1-6H3;1H/q+1;/p-1. The zero-order chi connectivity index (χ0) is 41.8. The maximum absolute atomic E-state index is 11.5. The van der Waals surface area contributed by atoms with Gasteiger partial charge in [-0.05, 0) is 84.8 Å². The predicted molar refractivity (Wildman–Crippen MR) is 246 cm³/mol. The van der Waals surface area contributed by atoms with Gasteiger partial charge in [0, 0.05) is 60.3 Å². The number of rotatable bonds is 22. The molecule has 2 aliphatic heterocycles. The van der Waals surface area contributed by atoms with E-state index in [1.165, 1.54) is 121 Å². The van der Waals surface area contributed by atoms with Gasteiger partial charge >= 0.3 is 11.9 Å². The molecule has 0 spiro atoms. The summed E-state index contributed by atoms with van der Waals surface area (Å²) in [5, 5.41) is 5.29. The summed E-state index contributed by atoms with van der Waals surface area (Å²) in [6.07, 6.45) is 24.1. The van der Waals surface area contributed by atoms with Crippen molar-refractivity contribution < 1.29 is 40.6 Å². The van der Waals surface area contributed by atoms with Gasteiger partial charge in [-0.25, -0.2) is 0 Å². The Morgan fingerprint density at radius 2 is 1.10 bits per heavy atom. The molecule has 2 heterocycles. The van der Waals surface area contributed by atoms with Crippen LogP contribution in [0.25, 0.3) is 21.5 Å². The summed E-state index contributed by atoms with van der Waals surface area (Å²) < 4.78 is 12.2. The van der Waals surface area contributed by atoms with Crippen molar-refractivity contribution in [1.29, 1.82) is 0 Å². The molecule has 0 radical (unpaired) electrons. The monoisotopic (exact) mass is 876 g/mol. The van der Waals surface area contributed by atoms with Crippen LogP contribution in [0.2, 0.25) is 0 Å². The molecule has 0 fully saturated rings. The lowest BCUT2D eigenvalue weighted by Gasteiger charge is -2.27. The van der Waals surface area contributed by atoms with E-state index >= 15 is 0 Å². The van der Waals surface area contributed by atoms with Gasteiger partial charge in [-0.3, -0.25) is 9.59 Å². The van der Waals surface area contributed by atoms with E-state index < -0.39 is 0 Å². The number of carbonyl (C=O) groups excluding carboxylic acids is 2. The number of esters is 2. The van der Waals surface area contributed by atoms with E-state index in [1.54, 1.807) is 0 Å². The van der Waals surface area contributed by atoms with Crippen LogP contribution in [-0.2, 0) is 29.9 Å². The van der Waals surface area contributed by atoms with Gasteiger partial charge in [-0.2, -0.15) is 4.58 Å². The minimum Gasteiger partial charge on any atom is -1.00 e. The highest BCUT2D eigenvalue weighted by molar-refractivity contribution is 6.07. The van der Waals surface area contributed by atoms with Gasteiger partial charge in [-0.1, -0.05) is 132 Å². The fraction of sp³-hybridized carbons (Fsp3) is 0.491. The Morgan fingerprint density at radius 1 is 0.600 bits per heavy atom. The number of ether oxygens (including phenoxy) is 2. The average Bonchev–Trinajstić information content (AvgIpc) is 3.60. The molecule has 2 aliphatic rings. The Bertz CT molecular complexity index is 2180. The van der Waals surface area contributed by atoms with Gasteiger partial charge in [0.25, 0.3) is 0 Å². The van der Waals surface area contributed by atoms with Crippen LogP contribution in [0.15, 0.2) is 96.7 Å². The van der Waals surface area contributed by atoms with E-state index in [1.807, 2.05) is 0 Å². The Labute approximate surface area is 370 Å². The average molecular weight is 878 g/mol. The van der Waals surface area contributed by atoms with Gasteiger partial charge in [-0.15, -0.1) is 0 Å². The van der Waals surface area contributed by atoms with Crippen molar-refractivity contribution in [3.63, 3.8) is 0 Å². The van der Waals surface area contributed by atoms with E-state index in [4.69, 9.17) is 9.47 Å². The van der Waals surface area contributed by atoms with Crippen LogP contribution in [0.1, 0.15) is 142 Å². The Morgan fingerprint density at radius 3 is 1.68 bits per heavy atom. The van der Waals surface area contributed by atoms with Gasteiger partial charge in [0.2, 0.25) is 5.69 Å². The number of halogens is 1. The van der Waals surface area contributed by atoms with Crippen LogP contribution < -0.4 is 21.9 Å². The lowest BCUT2D eigenvalue weighted by molar-refractivity contribution is -0.438. The number of unbranched alkanes of at least 4 members (excludes halogenated alkanes) is 12. The first-order valence-electron chi connectivity index (χ1n) is 22.6. The number of methoxy groups -OCH3 is 2. The van der Waals surface area contributed by atoms with E-state index in [-0.39, 0.29) is 39.8 Å². The predicted octanol–water partition coefficient (Wildman–Crippen LogP) is 10.2. The maximum Gasteiger partial charge on any atom is 0.305 e. The SMILES string of the molecule is COC(=O)CCCCCCCCCN1/C(=C\C=C\C2=[N+](CCCCCCCCCC(=O)OC)c3ccc4ccccc4c3C2(C)C)C(C)(C)c2c1ccc1ccccc21.[Br-]. The molecule has 7 heteroatoms. The summed E-state index contributed by atoms with van der Waals surface area (Å²) in [6, 6.07) is 27.0. The van der Waals surface area contributed by atoms with Crippen molar-refractivity contribution >= 4 is 50.6 Å². The van der Waals surface area contributed by atoms with E-state index in [0.717, 1.165) is 51.6 Å². The molecule has 0 atom stereocenters. The summed E-state index contributed by atoms with van der Waals surface area (Å²) in [7, 11) is 2.94. The molecule has 0 saturated carbocycles. The molecule has 322 valence electrons. The summed E-state index contributed by atoms with van der Waals surface area (Å²) in [5.41, 5.74) is 7.95. The number of anilines is 1. The maximum atomic E-state index is 11.5. The van der Waals surface area contributed by atoms with Crippen molar-refractivity contribution in [2.75, 3.05) is 32.2 Å². The third kappa shape index (κ3) is 10.8. The van der Waals surface area contributed by atoms with Gasteiger partial charge in [0.05, 0.1) is 19.6 Å². The second-order valence-electron chi connectivity index (χ2n) is 17.8. The highest BCUT2D eigenvalue weighted by atomic mass is 79.9. The first kappa shape index (κ1) is 46.8. The Hall–Kier alpha value is -4.23. The van der Waals surface area contributed by atoms with Crippen LogP contribution in [0.5, 0.6) is 0 Å². The molecular formula is C53H69BrN2O4. The summed E-state index contributed by atoms with van der Waals surface area (Å²) in [5.74, 6) is -0.202. The largest absolute Gasteiger partial charge is 1.00 e. The van der Waals surface area contributed by atoms with Crippen molar-refractivity contribution in [3.8, 4) is 0 Å². The minimum atomic E-state index is -0.159. The van der Waals surface area contributed by atoms with Crippen LogP contribution >= 0.6 is 0 Å². The lowest BCUT2D eigenvalue weighted by atomic mass is 9.79. The molecule has 4 aromatic rings. The number of benzene rings is 4. The van der Waals surface area contributed by atoms with Crippen LogP contribution in [0.3, 0.4) is 0 Å². The molecule has 60 heavy (non-hydrogen) atoms. The van der Waals surface area contributed by atoms with Gasteiger partial charge in [0.15, 0.2) is 5.71 Å². The zero-order valence-corrected chi connectivity index (χ0v) is 38.9. The fourth-order valence-electron chi connectivity index (χ4n) is 9.83. The molecule has 0 unspecified atom stereocenters. The molecule has 0 bridgehead atoms. The number of fused-ring (bicyclic) bond motifs is 6. The molecule has 0 amide bonds. The third-order valence-corrected chi connectivity index (χ3v) is 13.0. The number of carbonyl (C=O) groups is 2. The highest BCUT2D eigenvalue weighted by Crippen LogP contribution is 2.51. The minimum absolute atomic E-state index is 0. The molecule has 0 saturated heterocycles. The van der Waals surface area contributed by atoms with Gasteiger partial charge < -0.3 is 31.4 Å². The zero-order valence-electron chi connectivity index (χ0n) is 37.3. The molecule has 6 rings (SSSR count). The molecule has 4 aromatic carbocycles. The molecule has 0 aliphatic carbocycles. The van der Waals surface area contributed by atoms with Crippen molar-refractivity contribution in [2.24, 2.45) is 0 Å². The molecule has 6 nitrogen and oxygen atoms in total. The normalized spacial score (nSPS) is 15.8. The first-order valence-corrected chi connectivity index (χ1v) is 22.6. The van der Waals surface area contributed by atoms with Crippen LogP contribution in [0.4, 0.5) is 11.4 Å². The summed E-state index contributed by atoms with van der Waals surface area (Å²) in [4.78, 5) is 25.6. The number of hydrogen-bond donors (Lipinski definition) is 0. The molecule has 0 N–H and O–H groups in total. The van der Waals surface area contributed by atoms with E-state index in [0.29, 0.717) is 12.8 Å². The summed E-state index contributed by atoms with van der Waals surface area (Å²) in [6.45, 7) is 11.6. The Kier molecular flexibility index (Phi) is 17.2. The third-order valence-electron chi connectivity index (χ3n) is 13.0. The van der Waals surface area contributed by atoms with Crippen LogP contribution in [-0.4, -0.2) is 49.5 Å². The quantitative estimate of drug-likeness (QED) is 0.0447. The highest BCUT2D eigenvalue weighted by Gasteiger charge is 2.45. The fourth-order valence-corrected chi connectivity index (χ4v) is 9.83. The first-order chi connectivity index (χ1) is 28.6. The van der Waals surface area contributed by atoms with Crippen molar-refractivity contribution in [2.45, 2.75) is 141 Å². The van der Waals surface area contributed by atoms with Crippen LogP contribution in [0, 0.1) is 0 Å². The van der Waals surface area contributed by atoms with E-state index in [2.05, 4.69) is 128 Å². The molecular weight excluding hydrogens is 808 g/mol. The Balaban J connectivity index is 0.00000683. The smallest absolute Gasteiger partial charge is 0.305 e. The number of hydrogen-bond acceptors (Lipinski definition) is 5. The van der Waals surface area contributed by atoms with Crippen molar-refractivity contribution in [1.82, 2.24) is 0 Å². The van der Waals surface area contributed by atoms with Gasteiger partial charge in [0.1, 0.15) is 6.54 Å². The lowest BCUT2D eigenvalue weighted by Crippen LogP contribution is -3.00. The van der Waals surface area contributed by atoms with Crippen molar-refractivity contribution in [3.05, 3.63) is 108 Å². The number of allylic oxidation sites excluding steroid dienone is 4. The second-order valence-corrected chi connectivity index (χ2v) is 17.8. The second kappa shape index (κ2) is 22.0. The molecule has 0 aromatic heterocycles. The number of nitrogens with zero attached hydrogens (tertiary/aromatic N) is 2. The topological polar surface area (TPSA) is 58.8 Å². The summed E-state index contributed by atoms with van der Waals surface area (Å²) >= 11 is 0. The van der Waals surface area contributed by atoms with E-state index in [9.17, 15) is 9.59 Å².